The number of likely N-dealkylation sites (N-methyl/N-ethyl adjacent to an activating group) is 1. The van der Waals surface area contributed by atoms with Gasteiger partial charge in [-0.2, -0.15) is 0 Å². The zero-order valence-electron chi connectivity index (χ0n) is 11.3. The molecule has 108 valence electrons. The lowest BCUT2D eigenvalue weighted by atomic mass is 9.96. The normalized spacial score (nSPS) is 22.9. The van der Waals surface area contributed by atoms with E-state index in [0.29, 0.717) is 6.54 Å². The number of carboxylic acids is 1. The summed E-state index contributed by atoms with van der Waals surface area (Å²) in [6, 6.07) is 4.97. The summed E-state index contributed by atoms with van der Waals surface area (Å²) in [7, 11) is 0. The predicted molar refractivity (Wildman–Crippen MR) is 76.4 cm³/mol. The molecule has 6 heteroatoms. The van der Waals surface area contributed by atoms with Gasteiger partial charge in [-0.05, 0) is 31.0 Å². The molecule has 1 N–H and O–H groups in total. The molecule has 1 aromatic carbocycles. The van der Waals surface area contributed by atoms with Gasteiger partial charge in [0.05, 0.1) is 6.04 Å². The van der Waals surface area contributed by atoms with Crippen molar-refractivity contribution >= 4 is 27.8 Å². The number of carbonyl (C=O) groups excluding carboxylic acids is 1. The molecule has 1 aliphatic rings. The Kier molecular flexibility index (Phi) is 4.45. The second-order valence-corrected chi connectivity index (χ2v) is 5.56. The Morgan fingerprint density at radius 3 is 2.80 bits per heavy atom. The van der Waals surface area contributed by atoms with Crippen LogP contribution in [0.2, 0.25) is 0 Å². The molecule has 0 aliphatic carbocycles. The van der Waals surface area contributed by atoms with Crippen LogP contribution < -0.4 is 0 Å². The summed E-state index contributed by atoms with van der Waals surface area (Å²) in [5.41, 5.74) is 1.76. The first-order valence-corrected chi connectivity index (χ1v) is 7.15. The quantitative estimate of drug-likeness (QED) is 0.914. The van der Waals surface area contributed by atoms with E-state index in [9.17, 15) is 14.7 Å². The summed E-state index contributed by atoms with van der Waals surface area (Å²) >= 11 is 3.41. The summed E-state index contributed by atoms with van der Waals surface area (Å²) < 4.78 is 6.16. The molecule has 1 aromatic rings. The number of ether oxygens (including phenoxy) is 1. The Balaban J connectivity index is 2.46. The van der Waals surface area contributed by atoms with Crippen molar-refractivity contribution in [3.05, 3.63) is 33.8 Å². The zero-order chi connectivity index (χ0) is 14.9. The molecule has 1 amide bonds. The van der Waals surface area contributed by atoms with Crippen molar-refractivity contribution in [1.82, 2.24) is 4.90 Å². The number of benzene rings is 1. The molecule has 2 unspecified atom stereocenters. The fourth-order valence-corrected chi connectivity index (χ4v) is 2.69. The molecular weight excluding hydrogens is 326 g/mol. The average molecular weight is 342 g/mol. The second kappa shape index (κ2) is 5.93. The van der Waals surface area contributed by atoms with E-state index in [2.05, 4.69) is 15.9 Å². The van der Waals surface area contributed by atoms with E-state index >= 15 is 0 Å². The SMILES string of the molecule is CCN1C(=O)COC(C(=O)O)C1c1ccc(Br)c(C)c1. The lowest BCUT2D eigenvalue weighted by Crippen LogP contribution is -2.51. The van der Waals surface area contributed by atoms with Crippen molar-refractivity contribution in [3.63, 3.8) is 0 Å². The lowest BCUT2D eigenvalue weighted by molar-refractivity contribution is -0.172. The second-order valence-electron chi connectivity index (χ2n) is 4.70. The van der Waals surface area contributed by atoms with Gasteiger partial charge >= 0.3 is 5.97 Å². The minimum atomic E-state index is -1.05. The molecule has 1 aliphatic heterocycles. The van der Waals surface area contributed by atoms with Crippen LogP contribution in [0.25, 0.3) is 0 Å². The van der Waals surface area contributed by atoms with E-state index in [-0.39, 0.29) is 12.5 Å². The van der Waals surface area contributed by atoms with Gasteiger partial charge in [0, 0.05) is 11.0 Å². The molecular formula is C14H16BrNO4. The number of carbonyl (C=O) groups is 2. The Morgan fingerprint density at radius 1 is 1.55 bits per heavy atom. The van der Waals surface area contributed by atoms with Crippen LogP contribution in [-0.2, 0) is 14.3 Å². The summed E-state index contributed by atoms with van der Waals surface area (Å²) in [5, 5.41) is 9.32. The summed E-state index contributed by atoms with van der Waals surface area (Å²) in [6.45, 7) is 4.02. The molecule has 2 atom stereocenters. The molecule has 1 fully saturated rings. The lowest BCUT2D eigenvalue weighted by Gasteiger charge is -2.39. The highest BCUT2D eigenvalue weighted by Gasteiger charge is 2.41. The Morgan fingerprint density at radius 2 is 2.25 bits per heavy atom. The number of aliphatic carboxylic acids is 1. The molecule has 0 radical (unpaired) electrons. The summed E-state index contributed by atoms with van der Waals surface area (Å²) in [4.78, 5) is 24.9. The average Bonchev–Trinajstić information content (AvgIpc) is 2.41. The molecule has 2 rings (SSSR count). The number of hydrogen-bond donors (Lipinski definition) is 1. The van der Waals surface area contributed by atoms with E-state index in [0.717, 1.165) is 15.6 Å². The van der Waals surface area contributed by atoms with Gasteiger partial charge in [0.2, 0.25) is 5.91 Å². The van der Waals surface area contributed by atoms with Crippen LogP contribution in [0.1, 0.15) is 24.1 Å². The number of aryl methyl sites for hydroxylation is 1. The van der Waals surface area contributed by atoms with E-state index in [1.165, 1.54) is 0 Å². The maximum Gasteiger partial charge on any atom is 0.335 e. The van der Waals surface area contributed by atoms with Crippen LogP contribution in [0.3, 0.4) is 0 Å². The van der Waals surface area contributed by atoms with Crippen LogP contribution in [-0.4, -0.2) is 41.1 Å². The minimum Gasteiger partial charge on any atom is -0.479 e. The Bertz CT molecular complexity index is 544. The highest BCUT2D eigenvalue weighted by molar-refractivity contribution is 9.10. The standard InChI is InChI=1S/C14H16BrNO4/c1-3-16-11(17)7-20-13(14(18)19)12(16)9-4-5-10(15)8(2)6-9/h4-6,12-13H,3,7H2,1-2H3,(H,18,19). The van der Waals surface area contributed by atoms with E-state index < -0.39 is 18.1 Å². The van der Waals surface area contributed by atoms with Crippen LogP contribution in [0.4, 0.5) is 0 Å². The van der Waals surface area contributed by atoms with Gasteiger partial charge in [0.15, 0.2) is 6.10 Å². The fraction of sp³-hybridized carbons (Fsp3) is 0.429. The number of carboxylic acid groups (broad SMARTS) is 1. The summed E-state index contributed by atoms with van der Waals surface area (Å²) in [5.74, 6) is -1.24. The van der Waals surface area contributed by atoms with Crippen molar-refractivity contribution in [3.8, 4) is 0 Å². The van der Waals surface area contributed by atoms with Crippen LogP contribution in [0, 0.1) is 6.92 Å². The number of nitrogens with zero attached hydrogens (tertiary/aromatic N) is 1. The van der Waals surface area contributed by atoms with Crippen molar-refractivity contribution in [1.29, 1.82) is 0 Å². The minimum absolute atomic E-state index is 0.184. The van der Waals surface area contributed by atoms with E-state index in [1.807, 2.05) is 32.0 Å². The molecule has 5 nitrogen and oxygen atoms in total. The first-order chi connectivity index (χ1) is 9.45. The third kappa shape index (κ3) is 2.71. The molecule has 0 spiro atoms. The first kappa shape index (κ1) is 15.0. The van der Waals surface area contributed by atoms with Gasteiger partial charge in [-0.25, -0.2) is 4.79 Å². The smallest absolute Gasteiger partial charge is 0.335 e. The van der Waals surface area contributed by atoms with Crippen molar-refractivity contribution in [2.24, 2.45) is 0 Å². The van der Waals surface area contributed by atoms with E-state index in [4.69, 9.17) is 4.74 Å². The van der Waals surface area contributed by atoms with Gasteiger partial charge in [-0.3, -0.25) is 4.79 Å². The van der Waals surface area contributed by atoms with Crippen molar-refractivity contribution in [2.75, 3.05) is 13.2 Å². The van der Waals surface area contributed by atoms with Crippen molar-refractivity contribution < 1.29 is 19.4 Å². The Labute approximate surface area is 125 Å². The number of halogens is 1. The molecule has 0 saturated carbocycles. The first-order valence-electron chi connectivity index (χ1n) is 6.35. The fourth-order valence-electron chi connectivity index (χ4n) is 2.44. The third-order valence-corrected chi connectivity index (χ3v) is 4.33. The highest BCUT2D eigenvalue weighted by Crippen LogP contribution is 2.32. The van der Waals surface area contributed by atoms with Gasteiger partial charge in [0.1, 0.15) is 6.61 Å². The van der Waals surface area contributed by atoms with Gasteiger partial charge in [-0.15, -0.1) is 0 Å². The highest BCUT2D eigenvalue weighted by atomic mass is 79.9. The number of amides is 1. The number of hydrogen-bond acceptors (Lipinski definition) is 3. The van der Waals surface area contributed by atoms with Crippen LogP contribution in [0.15, 0.2) is 22.7 Å². The molecule has 0 bridgehead atoms. The maximum absolute atomic E-state index is 11.9. The van der Waals surface area contributed by atoms with Gasteiger partial charge in [0.25, 0.3) is 0 Å². The predicted octanol–water partition coefficient (Wildman–Crippen LogP) is 2.13. The van der Waals surface area contributed by atoms with Gasteiger partial charge < -0.3 is 14.7 Å². The number of morpholine rings is 1. The zero-order valence-corrected chi connectivity index (χ0v) is 12.9. The monoisotopic (exact) mass is 341 g/mol. The third-order valence-electron chi connectivity index (χ3n) is 3.44. The van der Waals surface area contributed by atoms with Crippen molar-refractivity contribution in [2.45, 2.75) is 26.0 Å². The molecule has 20 heavy (non-hydrogen) atoms. The van der Waals surface area contributed by atoms with Crippen LogP contribution in [0.5, 0.6) is 0 Å². The Hall–Kier alpha value is -1.40. The van der Waals surface area contributed by atoms with Crippen LogP contribution >= 0.6 is 15.9 Å². The molecule has 0 aromatic heterocycles. The van der Waals surface area contributed by atoms with Gasteiger partial charge in [-0.1, -0.05) is 28.1 Å². The molecule has 1 heterocycles. The largest absolute Gasteiger partial charge is 0.479 e. The topological polar surface area (TPSA) is 66.8 Å². The molecule has 1 saturated heterocycles. The number of rotatable bonds is 3. The summed E-state index contributed by atoms with van der Waals surface area (Å²) in [6.07, 6.45) is -1.03. The maximum atomic E-state index is 11.9. The van der Waals surface area contributed by atoms with E-state index in [1.54, 1.807) is 4.90 Å².